The van der Waals surface area contributed by atoms with Crippen molar-refractivity contribution in [2.24, 2.45) is 5.41 Å². The van der Waals surface area contributed by atoms with Crippen LogP contribution >= 0.6 is 0 Å². The Balaban J connectivity index is 4.43. The van der Waals surface area contributed by atoms with Crippen LogP contribution in [0.15, 0.2) is 0 Å². The van der Waals surface area contributed by atoms with Gasteiger partial charge in [0.1, 0.15) is 9.84 Å². The molecule has 0 aromatic heterocycles. The first-order chi connectivity index (χ1) is 7.24. The summed E-state index contributed by atoms with van der Waals surface area (Å²) in [6, 6.07) is 0.454. The molecule has 98 valence electrons. The van der Waals surface area contributed by atoms with E-state index in [4.69, 9.17) is 0 Å². The van der Waals surface area contributed by atoms with Crippen molar-refractivity contribution in [3.05, 3.63) is 0 Å². The van der Waals surface area contributed by atoms with Crippen molar-refractivity contribution >= 4 is 9.84 Å². The predicted octanol–water partition coefficient (Wildman–Crippen LogP) is 2.23. The average molecular weight is 249 g/mol. The minimum absolute atomic E-state index is 0.132. The molecule has 16 heavy (non-hydrogen) atoms. The predicted molar refractivity (Wildman–Crippen MR) is 70.5 cm³/mol. The van der Waals surface area contributed by atoms with Crippen LogP contribution in [0.2, 0.25) is 0 Å². The Morgan fingerprint density at radius 3 is 2.00 bits per heavy atom. The lowest BCUT2D eigenvalue weighted by Gasteiger charge is -2.32. The monoisotopic (exact) mass is 249 g/mol. The molecule has 0 unspecified atom stereocenters. The summed E-state index contributed by atoms with van der Waals surface area (Å²) in [6.07, 6.45) is 4.13. The van der Waals surface area contributed by atoms with Crippen LogP contribution in [0.3, 0.4) is 0 Å². The van der Waals surface area contributed by atoms with E-state index in [2.05, 4.69) is 33.0 Å². The molecule has 0 saturated carbocycles. The summed E-state index contributed by atoms with van der Waals surface area (Å²) < 4.78 is 22.5. The van der Waals surface area contributed by atoms with Gasteiger partial charge in [0.2, 0.25) is 0 Å². The molecule has 0 spiro atoms. The first-order valence-corrected chi connectivity index (χ1v) is 8.22. The molecule has 0 aliphatic heterocycles. The molecule has 1 N–H and O–H groups in total. The van der Waals surface area contributed by atoms with Crippen LogP contribution in [0.5, 0.6) is 0 Å². The third-order valence-electron chi connectivity index (χ3n) is 3.39. The molecule has 0 bridgehead atoms. The van der Waals surface area contributed by atoms with Gasteiger partial charge in [-0.25, -0.2) is 8.42 Å². The lowest BCUT2D eigenvalue weighted by molar-refractivity contribution is 0.233. The van der Waals surface area contributed by atoms with E-state index >= 15 is 0 Å². The van der Waals surface area contributed by atoms with Crippen LogP contribution in [0, 0.1) is 5.41 Å². The fourth-order valence-electron chi connectivity index (χ4n) is 1.76. The van der Waals surface area contributed by atoms with Gasteiger partial charge in [0.15, 0.2) is 0 Å². The van der Waals surface area contributed by atoms with Gasteiger partial charge in [-0.05, 0) is 24.7 Å². The van der Waals surface area contributed by atoms with E-state index in [1.54, 1.807) is 0 Å². The number of sulfone groups is 1. The molecule has 0 saturated heterocycles. The topological polar surface area (TPSA) is 46.2 Å². The summed E-state index contributed by atoms with van der Waals surface area (Å²) in [5, 5.41) is 3.43. The number of rotatable bonds is 8. The maximum atomic E-state index is 11.2. The molecular weight excluding hydrogens is 222 g/mol. The summed E-state index contributed by atoms with van der Waals surface area (Å²) in [7, 11) is -2.84. The largest absolute Gasteiger partial charge is 0.314 e. The second kappa shape index (κ2) is 6.60. The molecule has 0 aromatic rings. The first-order valence-electron chi connectivity index (χ1n) is 6.16. The van der Waals surface area contributed by atoms with Gasteiger partial charge in [0.25, 0.3) is 0 Å². The molecule has 0 radical (unpaired) electrons. The average Bonchev–Trinajstić information content (AvgIpc) is 2.18. The minimum Gasteiger partial charge on any atom is -0.314 e. The molecule has 0 atom stereocenters. The summed E-state index contributed by atoms with van der Waals surface area (Å²) in [4.78, 5) is 0. The zero-order valence-electron chi connectivity index (χ0n) is 11.3. The minimum atomic E-state index is -2.84. The van der Waals surface area contributed by atoms with E-state index in [1.807, 2.05) is 0 Å². The molecule has 3 nitrogen and oxygen atoms in total. The third kappa shape index (κ3) is 6.48. The fraction of sp³-hybridized carbons (Fsp3) is 1.00. The highest BCUT2D eigenvalue weighted by Gasteiger charge is 2.27. The molecule has 0 aliphatic carbocycles. The Morgan fingerprint density at radius 1 is 1.19 bits per heavy atom. The van der Waals surface area contributed by atoms with E-state index in [9.17, 15) is 8.42 Å². The molecule has 0 heterocycles. The van der Waals surface area contributed by atoms with Crippen molar-refractivity contribution in [3.63, 3.8) is 0 Å². The van der Waals surface area contributed by atoms with Gasteiger partial charge in [0, 0.05) is 18.8 Å². The van der Waals surface area contributed by atoms with Crippen LogP contribution in [0.25, 0.3) is 0 Å². The van der Waals surface area contributed by atoms with Crippen LogP contribution < -0.4 is 5.32 Å². The fourth-order valence-corrected chi connectivity index (χ4v) is 2.57. The van der Waals surface area contributed by atoms with Gasteiger partial charge in [-0.3, -0.25) is 0 Å². The van der Waals surface area contributed by atoms with Gasteiger partial charge in [0.05, 0.1) is 5.75 Å². The van der Waals surface area contributed by atoms with Crippen molar-refractivity contribution in [2.45, 2.75) is 53.0 Å². The van der Waals surface area contributed by atoms with Gasteiger partial charge in [-0.15, -0.1) is 0 Å². The second-order valence-electron chi connectivity index (χ2n) is 5.12. The smallest absolute Gasteiger partial charge is 0.147 e. The highest BCUT2D eigenvalue weighted by molar-refractivity contribution is 7.90. The highest BCUT2D eigenvalue weighted by Crippen LogP contribution is 2.30. The van der Waals surface area contributed by atoms with Crippen molar-refractivity contribution in [2.75, 3.05) is 18.6 Å². The van der Waals surface area contributed by atoms with Crippen LogP contribution in [0.1, 0.15) is 47.0 Å². The van der Waals surface area contributed by atoms with E-state index in [-0.39, 0.29) is 5.41 Å². The maximum Gasteiger partial charge on any atom is 0.147 e. The molecule has 4 heteroatoms. The summed E-state index contributed by atoms with van der Waals surface area (Å²) in [5.74, 6) is 0.300. The molecule has 0 aliphatic rings. The first kappa shape index (κ1) is 15.9. The van der Waals surface area contributed by atoms with Crippen LogP contribution in [-0.2, 0) is 9.84 Å². The number of hydrogen-bond acceptors (Lipinski definition) is 3. The molecule has 0 rings (SSSR count). The summed E-state index contributed by atoms with van der Waals surface area (Å²) in [6.45, 7) is 9.44. The van der Waals surface area contributed by atoms with Crippen LogP contribution in [-0.4, -0.2) is 33.0 Å². The Morgan fingerprint density at radius 2 is 1.69 bits per heavy atom. The second-order valence-corrected chi connectivity index (χ2v) is 7.38. The van der Waals surface area contributed by atoms with Crippen molar-refractivity contribution in [1.82, 2.24) is 5.32 Å². The Kier molecular flexibility index (Phi) is 6.56. The summed E-state index contributed by atoms with van der Waals surface area (Å²) >= 11 is 0. The zero-order valence-corrected chi connectivity index (χ0v) is 12.2. The lowest BCUT2D eigenvalue weighted by atomic mass is 9.79. The van der Waals surface area contributed by atoms with Gasteiger partial charge < -0.3 is 5.32 Å². The lowest BCUT2D eigenvalue weighted by Crippen LogP contribution is -2.38. The van der Waals surface area contributed by atoms with E-state index in [0.717, 1.165) is 25.8 Å². The van der Waals surface area contributed by atoms with Crippen molar-refractivity contribution in [3.8, 4) is 0 Å². The van der Waals surface area contributed by atoms with E-state index in [0.29, 0.717) is 11.8 Å². The number of nitrogens with one attached hydrogen (secondary N) is 1. The standard InChI is InChI=1S/C12H27NO2S/c1-6-12(7-2,10-13-11(3)4)8-9-16(5,14)15/h11,13H,6-10H2,1-5H3. The SMILES string of the molecule is CCC(CC)(CCS(C)(=O)=O)CNC(C)C. The zero-order chi connectivity index (χ0) is 12.8. The molecule has 0 amide bonds. The summed E-state index contributed by atoms with van der Waals surface area (Å²) in [5.41, 5.74) is 0.132. The maximum absolute atomic E-state index is 11.2. The van der Waals surface area contributed by atoms with E-state index in [1.165, 1.54) is 6.26 Å². The van der Waals surface area contributed by atoms with Crippen molar-refractivity contribution in [1.29, 1.82) is 0 Å². The van der Waals surface area contributed by atoms with Gasteiger partial charge in [-0.2, -0.15) is 0 Å². The quantitative estimate of drug-likeness (QED) is 0.717. The van der Waals surface area contributed by atoms with Crippen molar-refractivity contribution < 1.29 is 8.42 Å². The Labute approximate surface area is 101 Å². The van der Waals surface area contributed by atoms with E-state index < -0.39 is 9.84 Å². The Hall–Kier alpha value is -0.0900. The molecular formula is C12H27NO2S. The normalized spacial score (nSPS) is 13.4. The van der Waals surface area contributed by atoms with Gasteiger partial charge in [-0.1, -0.05) is 27.7 Å². The third-order valence-corrected chi connectivity index (χ3v) is 4.33. The molecule has 0 fully saturated rings. The van der Waals surface area contributed by atoms with Crippen LogP contribution in [0.4, 0.5) is 0 Å². The molecule has 0 aromatic carbocycles. The van der Waals surface area contributed by atoms with Gasteiger partial charge >= 0.3 is 0 Å². The number of hydrogen-bond donors (Lipinski definition) is 1. The highest BCUT2D eigenvalue weighted by atomic mass is 32.2. The Bertz CT molecular complexity index is 279.